The Labute approximate surface area is 468 Å². The molecule has 6 heterocycles. The molecule has 0 aromatic heterocycles. The van der Waals surface area contributed by atoms with E-state index in [-0.39, 0.29) is 20.1 Å². The molecule has 0 saturated carbocycles. The summed E-state index contributed by atoms with van der Waals surface area (Å²) in [6.07, 6.45) is 0. The lowest BCUT2D eigenvalue weighted by atomic mass is 9.29. The second-order valence-electron chi connectivity index (χ2n) is 21.3. The van der Waals surface area contributed by atoms with Gasteiger partial charge in [-0.25, -0.2) is 0 Å². The predicted octanol–water partition coefficient (Wildman–Crippen LogP) is 10.2. The van der Waals surface area contributed by atoms with E-state index < -0.39 is 0 Å². The third kappa shape index (κ3) is 6.32. The van der Waals surface area contributed by atoms with Gasteiger partial charge in [0.05, 0.1) is 34.9 Å². The topological polar surface area (TPSA) is 103 Å². The Kier molecular flexibility index (Phi) is 9.40. The van der Waals surface area contributed by atoms with Gasteiger partial charge < -0.3 is 29.1 Å². The first-order chi connectivity index (χ1) is 40.0. The van der Waals surface area contributed by atoms with Crippen LogP contribution in [0.25, 0.3) is 0 Å². The summed E-state index contributed by atoms with van der Waals surface area (Å²) in [5.41, 5.74) is 22.4. The van der Waals surface area contributed by atoms with Gasteiger partial charge in [0.25, 0.3) is 20.1 Å². The van der Waals surface area contributed by atoms with Gasteiger partial charge in [0.1, 0.15) is 23.0 Å². The second kappa shape index (κ2) is 16.9. The van der Waals surface area contributed by atoms with Gasteiger partial charge in [-0.1, -0.05) is 121 Å². The van der Waals surface area contributed by atoms with E-state index in [0.717, 1.165) is 123 Å². The van der Waals surface area contributed by atoms with E-state index in [2.05, 4.69) is 196 Å². The van der Waals surface area contributed by atoms with Crippen molar-refractivity contribution in [3.8, 4) is 41.2 Å². The highest BCUT2D eigenvalue weighted by Gasteiger charge is 2.50. The van der Waals surface area contributed by atoms with Crippen molar-refractivity contribution in [3.05, 3.63) is 247 Å². The second-order valence-corrected chi connectivity index (χ2v) is 21.3. The average Bonchev–Trinajstić information content (AvgIpc) is 3.64. The summed E-state index contributed by atoms with van der Waals surface area (Å²) in [6.45, 7) is -0.896. The van der Waals surface area contributed by atoms with Crippen molar-refractivity contribution in [2.24, 2.45) is 0 Å². The number of para-hydroxylation sites is 6. The van der Waals surface area contributed by atoms with E-state index in [4.69, 9.17) is 9.47 Å². The normalized spacial score (nSPS) is 13.7. The molecule has 81 heavy (non-hydrogen) atoms. The Balaban J connectivity index is 0.984. The Morgan fingerprint density at radius 1 is 0.259 bits per heavy atom. The summed E-state index contributed by atoms with van der Waals surface area (Å²) in [4.78, 5) is 9.22. The number of ether oxygens (including phenoxy) is 2. The largest absolute Gasteiger partial charge is 0.458 e. The molecule has 17 rings (SSSR count). The zero-order valence-corrected chi connectivity index (χ0v) is 43.1. The zero-order valence-electron chi connectivity index (χ0n) is 43.1. The molecule has 0 aliphatic carbocycles. The number of rotatable bonds is 4. The maximum atomic E-state index is 10.9. The van der Waals surface area contributed by atoms with Gasteiger partial charge in [-0.15, -0.1) is 0 Å². The minimum Gasteiger partial charge on any atom is -0.458 e. The number of nitriles is 3. The van der Waals surface area contributed by atoms with Gasteiger partial charge in [-0.05, 0) is 152 Å². The minimum absolute atomic E-state index is 0.250. The summed E-state index contributed by atoms with van der Waals surface area (Å²) in [5.74, 6) is 2.69. The number of hydrogen-bond acceptors (Lipinski definition) is 9. The number of fused-ring (bicyclic) bond motifs is 12. The third-order valence-electron chi connectivity index (χ3n) is 17.1. The van der Waals surface area contributed by atoms with E-state index in [1.54, 1.807) is 0 Å². The molecule has 0 fully saturated rings. The first-order valence-corrected chi connectivity index (χ1v) is 27.1. The minimum atomic E-state index is -0.384. The summed E-state index contributed by atoms with van der Waals surface area (Å²) in [5, 5.41) is 32.4. The van der Waals surface area contributed by atoms with Crippen molar-refractivity contribution >= 4 is 138 Å². The van der Waals surface area contributed by atoms with Crippen LogP contribution in [0.4, 0.5) is 68.2 Å². The highest BCUT2D eigenvalue weighted by molar-refractivity contribution is 7.04. The highest BCUT2D eigenvalue weighted by Crippen LogP contribution is 2.49. The molecule has 0 radical (unpaired) electrons. The quantitative estimate of drug-likeness (QED) is 0.160. The molecule has 11 aromatic rings. The van der Waals surface area contributed by atoms with Crippen LogP contribution in [-0.2, 0) is 0 Å². The smallest absolute Gasteiger partial charge is 0.256 e. The van der Waals surface area contributed by atoms with Gasteiger partial charge in [0.15, 0.2) is 0 Å². The number of hydrogen-bond donors (Lipinski definition) is 0. The molecule has 12 heteroatoms. The summed E-state index contributed by atoms with van der Waals surface area (Å²) in [6, 6.07) is 87.3. The predicted molar refractivity (Wildman–Crippen MR) is 326 cm³/mol. The van der Waals surface area contributed by atoms with Crippen LogP contribution >= 0.6 is 0 Å². The molecule has 6 aliphatic heterocycles. The van der Waals surface area contributed by atoms with E-state index in [1.165, 1.54) is 0 Å². The molecule has 0 amide bonds. The Bertz CT molecular complexity index is 4700. The van der Waals surface area contributed by atoms with Crippen molar-refractivity contribution in [1.82, 2.24) is 0 Å². The van der Waals surface area contributed by atoms with E-state index in [9.17, 15) is 15.8 Å². The lowest BCUT2D eigenvalue weighted by Gasteiger charge is -2.46. The van der Waals surface area contributed by atoms with Gasteiger partial charge >= 0.3 is 0 Å². The van der Waals surface area contributed by atoms with Crippen molar-refractivity contribution in [3.63, 3.8) is 0 Å². The zero-order chi connectivity index (χ0) is 53.6. The SMILES string of the molecule is N#Cc1cc2c3c(c1)N(c1ccccc1)c1cc4c(cc1B3c1ccccc1O2)B1c2cc3c(cc2N(c2ccccc2)c2cc(C#N)cc(c21)O4)N(c1ccccc1)c1cc(C#N)cc2c1B3c1ccccc1N2c1ccccc1. The molecule has 0 bridgehead atoms. The lowest BCUT2D eigenvalue weighted by Crippen LogP contribution is -2.65. The lowest BCUT2D eigenvalue weighted by molar-refractivity contribution is 0.487. The summed E-state index contributed by atoms with van der Waals surface area (Å²) in [7, 11) is 0. The van der Waals surface area contributed by atoms with Crippen LogP contribution in [0.5, 0.6) is 23.0 Å². The molecule has 0 spiro atoms. The highest BCUT2D eigenvalue weighted by atomic mass is 16.5. The fourth-order valence-corrected chi connectivity index (χ4v) is 14.0. The van der Waals surface area contributed by atoms with Gasteiger partial charge in [-0.3, -0.25) is 0 Å². The molecular weight excluding hydrogens is 991 g/mol. The number of benzene rings is 11. The fourth-order valence-electron chi connectivity index (χ4n) is 14.0. The average molecular weight is 1030 g/mol. The van der Waals surface area contributed by atoms with Crippen molar-refractivity contribution in [2.75, 3.05) is 19.6 Å². The van der Waals surface area contributed by atoms with Crippen LogP contribution in [0.2, 0.25) is 0 Å². The van der Waals surface area contributed by atoms with Crippen LogP contribution in [0.1, 0.15) is 16.7 Å². The molecule has 6 aliphatic rings. The monoisotopic (exact) mass is 1030 g/mol. The van der Waals surface area contributed by atoms with E-state index >= 15 is 0 Å². The van der Waals surface area contributed by atoms with Crippen LogP contribution < -0.4 is 78.2 Å². The van der Waals surface area contributed by atoms with Crippen LogP contribution in [0.3, 0.4) is 0 Å². The van der Waals surface area contributed by atoms with Crippen molar-refractivity contribution < 1.29 is 9.47 Å². The van der Waals surface area contributed by atoms with Gasteiger partial charge in [0.2, 0.25) is 0 Å². The van der Waals surface area contributed by atoms with Gasteiger partial charge in [0, 0.05) is 74.3 Å². The van der Waals surface area contributed by atoms with Gasteiger partial charge in [-0.2, -0.15) is 15.8 Å². The Morgan fingerprint density at radius 2 is 0.617 bits per heavy atom. The van der Waals surface area contributed by atoms with Crippen LogP contribution in [-0.4, -0.2) is 20.1 Å². The fraction of sp³-hybridized carbons (Fsp3) is 0. The van der Waals surface area contributed by atoms with Crippen LogP contribution in [0, 0.1) is 34.0 Å². The molecule has 0 unspecified atom stereocenters. The standard InChI is InChI=1S/C69H38B3N7O2/c73-39-42-29-59-67-60(30-42)77(46-19-7-2-8-20-46)56-37-57-52(35-51(56)70(67)49-25-13-15-27-55(49)76(59)45-17-5-1-6-18-45)72-54-36-53-58(38-64(54)81-66-34-44(41-75)32-62(69(66)72)78(57)47-21-9-3-10-22-47)79(48-23-11-4-12-24-48)61-31-43(40-74)33-65-68(61)71(53)50-26-14-16-28-63(50)80-65/h1-38H. The molecule has 9 nitrogen and oxygen atoms in total. The first-order valence-electron chi connectivity index (χ1n) is 27.1. The molecule has 11 aromatic carbocycles. The van der Waals surface area contributed by atoms with E-state index in [1.807, 2.05) is 72.8 Å². The van der Waals surface area contributed by atoms with Crippen molar-refractivity contribution in [2.45, 2.75) is 0 Å². The third-order valence-corrected chi connectivity index (χ3v) is 17.1. The molecular formula is C69H38B3N7O2. The summed E-state index contributed by atoms with van der Waals surface area (Å²) < 4.78 is 14.1. The summed E-state index contributed by atoms with van der Waals surface area (Å²) >= 11 is 0. The Hall–Kier alpha value is -11.1. The number of anilines is 12. The molecule has 0 N–H and O–H groups in total. The van der Waals surface area contributed by atoms with Crippen molar-refractivity contribution in [1.29, 1.82) is 15.8 Å². The molecule has 0 atom stereocenters. The number of nitrogens with zero attached hydrogens (tertiary/aromatic N) is 7. The molecule has 370 valence electrons. The maximum absolute atomic E-state index is 10.9. The van der Waals surface area contributed by atoms with E-state index in [0.29, 0.717) is 33.9 Å². The first kappa shape index (κ1) is 45.0. The molecule has 0 saturated heterocycles. The Morgan fingerprint density at radius 3 is 1.11 bits per heavy atom. The van der Waals surface area contributed by atoms with Crippen LogP contribution in [0.15, 0.2) is 231 Å². The maximum Gasteiger partial charge on any atom is 0.256 e.